The van der Waals surface area contributed by atoms with Crippen molar-refractivity contribution >= 4 is 21.4 Å². The fourth-order valence-corrected chi connectivity index (χ4v) is 5.13. The second-order valence-corrected chi connectivity index (χ2v) is 10.7. The molecule has 0 unspecified atom stereocenters. The van der Waals surface area contributed by atoms with Crippen LogP contribution in [0.4, 0.5) is 10.1 Å². The topological polar surface area (TPSA) is 64.2 Å². The zero-order valence-electron chi connectivity index (χ0n) is 17.6. The van der Waals surface area contributed by atoms with Crippen LogP contribution in [-0.2, 0) is 14.6 Å². The highest BCUT2D eigenvalue weighted by Crippen LogP contribution is 2.26. The third-order valence-corrected chi connectivity index (χ3v) is 7.79. The van der Waals surface area contributed by atoms with Gasteiger partial charge in [-0.25, -0.2) is 12.8 Å². The number of piperazine rings is 2. The van der Waals surface area contributed by atoms with E-state index in [2.05, 4.69) is 9.80 Å². The summed E-state index contributed by atoms with van der Waals surface area (Å²) in [5.41, 5.74) is 0.417. The van der Waals surface area contributed by atoms with Crippen LogP contribution in [0.2, 0.25) is 0 Å². The van der Waals surface area contributed by atoms with Crippen molar-refractivity contribution in [3.63, 3.8) is 0 Å². The molecule has 1 aliphatic carbocycles. The van der Waals surface area contributed by atoms with Crippen LogP contribution >= 0.6 is 0 Å². The molecule has 30 heavy (non-hydrogen) atoms. The van der Waals surface area contributed by atoms with Crippen molar-refractivity contribution in [1.29, 1.82) is 0 Å². The monoisotopic (exact) mass is 438 g/mol. The van der Waals surface area contributed by atoms with E-state index in [-0.39, 0.29) is 10.8 Å². The van der Waals surface area contributed by atoms with Crippen LogP contribution in [0.15, 0.2) is 23.1 Å². The number of hydrogen-bond acceptors (Lipinski definition) is 6. The molecule has 2 saturated heterocycles. The Hall–Kier alpha value is -1.71. The van der Waals surface area contributed by atoms with Gasteiger partial charge in [0.05, 0.1) is 17.1 Å². The van der Waals surface area contributed by atoms with E-state index in [0.29, 0.717) is 38.4 Å². The molecule has 3 fully saturated rings. The van der Waals surface area contributed by atoms with Crippen molar-refractivity contribution < 1.29 is 17.6 Å². The van der Waals surface area contributed by atoms with Gasteiger partial charge in [-0.2, -0.15) is 0 Å². The molecule has 3 aliphatic rings. The third-order valence-electron chi connectivity index (χ3n) is 6.68. The van der Waals surface area contributed by atoms with Gasteiger partial charge in [0.15, 0.2) is 9.84 Å². The minimum absolute atomic E-state index is 0.00890. The molecule has 2 aliphatic heterocycles. The normalized spacial score (nSPS) is 22.2. The van der Waals surface area contributed by atoms with E-state index in [1.165, 1.54) is 31.4 Å². The summed E-state index contributed by atoms with van der Waals surface area (Å²) < 4.78 is 37.6. The third kappa shape index (κ3) is 4.78. The number of nitrogens with zero attached hydrogens (tertiary/aromatic N) is 4. The molecule has 4 rings (SSSR count). The molecule has 1 aromatic rings. The van der Waals surface area contributed by atoms with Gasteiger partial charge in [0, 0.05) is 64.7 Å². The molecule has 0 spiro atoms. The van der Waals surface area contributed by atoms with Crippen molar-refractivity contribution in [2.75, 3.05) is 70.1 Å². The van der Waals surface area contributed by atoms with E-state index in [0.717, 1.165) is 44.5 Å². The molecule has 166 valence electrons. The second-order valence-electron chi connectivity index (χ2n) is 8.65. The molecule has 9 heteroatoms. The Labute approximate surface area is 178 Å². The zero-order valence-corrected chi connectivity index (χ0v) is 18.4. The lowest BCUT2D eigenvalue weighted by Crippen LogP contribution is -2.56. The summed E-state index contributed by atoms with van der Waals surface area (Å²) in [5, 5.41) is 0. The summed E-state index contributed by atoms with van der Waals surface area (Å²) in [5.74, 6) is -0.341. The van der Waals surface area contributed by atoms with Crippen LogP contribution in [0.1, 0.15) is 19.3 Å². The average molecular weight is 439 g/mol. The van der Waals surface area contributed by atoms with Crippen molar-refractivity contribution in [2.24, 2.45) is 0 Å². The number of rotatable bonds is 5. The molecule has 2 heterocycles. The Kier molecular flexibility index (Phi) is 6.31. The van der Waals surface area contributed by atoms with Crippen LogP contribution in [0.25, 0.3) is 0 Å². The standard InChI is InChI=1S/C21H31FN4O3S/c1-30(28,29)18-5-6-20(19(22)15-18)25-9-7-23(8-10-25)16-21(27)26-13-11-24(12-14-26)17-3-2-4-17/h5-6,15,17H,2-4,7-14,16H2,1H3. The Morgan fingerprint density at radius 2 is 1.70 bits per heavy atom. The molecule has 0 N–H and O–H groups in total. The average Bonchev–Trinajstić information content (AvgIpc) is 2.67. The summed E-state index contributed by atoms with van der Waals surface area (Å²) in [4.78, 5) is 21.2. The van der Waals surface area contributed by atoms with Crippen molar-refractivity contribution in [3.8, 4) is 0 Å². The lowest BCUT2D eigenvalue weighted by Gasteiger charge is -2.43. The highest BCUT2D eigenvalue weighted by atomic mass is 32.2. The van der Waals surface area contributed by atoms with E-state index in [9.17, 15) is 17.6 Å². The van der Waals surface area contributed by atoms with Crippen molar-refractivity contribution in [1.82, 2.24) is 14.7 Å². The SMILES string of the molecule is CS(=O)(=O)c1ccc(N2CCN(CC(=O)N3CCN(C4CCC4)CC3)CC2)c(F)c1. The number of sulfone groups is 1. The maximum absolute atomic E-state index is 14.4. The fourth-order valence-electron chi connectivity index (χ4n) is 4.50. The van der Waals surface area contributed by atoms with Crippen LogP contribution in [0.3, 0.4) is 0 Å². The molecule has 1 aromatic carbocycles. The van der Waals surface area contributed by atoms with Gasteiger partial charge in [-0.1, -0.05) is 6.42 Å². The van der Waals surface area contributed by atoms with Crippen molar-refractivity contribution in [2.45, 2.75) is 30.2 Å². The number of amides is 1. The van der Waals surface area contributed by atoms with Gasteiger partial charge < -0.3 is 9.80 Å². The van der Waals surface area contributed by atoms with E-state index < -0.39 is 15.7 Å². The molecule has 0 aromatic heterocycles. The lowest BCUT2D eigenvalue weighted by atomic mass is 9.91. The highest BCUT2D eigenvalue weighted by molar-refractivity contribution is 7.90. The van der Waals surface area contributed by atoms with Crippen LogP contribution in [0.5, 0.6) is 0 Å². The van der Waals surface area contributed by atoms with Gasteiger partial charge in [-0.15, -0.1) is 0 Å². The number of hydrogen-bond donors (Lipinski definition) is 0. The summed E-state index contributed by atoms with van der Waals surface area (Å²) in [6.45, 7) is 6.57. The first-order valence-electron chi connectivity index (χ1n) is 10.8. The lowest BCUT2D eigenvalue weighted by molar-refractivity contribution is -0.134. The van der Waals surface area contributed by atoms with Gasteiger partial charge in [0.25, 0.3) is 0 Å². The van der Waals surface area contributed by atoms with Crippen LogP contribution in [0, 0.1) is 5.82 Å². The van der Waals surface area contributed by atoms with Crippen LogP contribution in [-0.4, -0.2) is 100 Å². The van der Waals surface area contributed by atoms with Gasteiger partial charge in [0.1, 0.15) is 5.82 Å². The highest BCUT2D eigenvalue weighted by Gasteiger charge is 2.30. The molecule has 0 radical (unpaired) electrons. The number of carbonyl (C=O) groups excluding carboxylic acids is 1. The second kappa shape index (κ2) is 8.80. The summed E-state index contributed by atoms with van der Waals surface area (Å²) in [6.07, 6.45) is 5.01. The maximum Gasteiger partial charge on any atom is 0.236 e. The molecule has 0 bridgehead atoms. The molecule has 7 nitrogen and oxygen atoms in total. The number of benzene rings is 1. The predicted molar refractivity (Wildman–Crippen MR) is 114 cm³/mol. The first-order chi connectivity index (χ1) is 14.3. The smallest absolute Gasteiger partial charge is 0.236 e. The summed E-state index contributed by atoms with van der Waals surface area (Å²) >= 11 is 0. The Morgan fingerprint density at radius 1 is 1.03 bits per heavy atom. The van der Waals surface area contributed by atoms with Crippen LogP contribution < -0.4 is 4.90 Å². The number of halogens is 1. The van der Waals surface area contributed by atoms with Gasteiger partial charge in [0.2, 0.25) is 5.91 Å². The molecule has 0 atom stereocenters. The minimum atomic E-state index is -3.42. The largest absolute Gasteiger partial charge is 0.367 e. The quantitative estimate of drug-likeness (QED) is 0.685. The fraction of sp³-hybridized carbons (Fsp3) is 0.667. The molecular formula is C21H31FN4O3S. The molecular weight excluding hydrogens is 407 g/mol. The molecule has 1 amide bonds. The first-order valence-corrected chi connectivity index (χ1v) is 12.7. The maximum atomic E-state index is 14.4. The Morgan fingerprint density at radius 3 is 2.23 bits per heavy atom. The number of carbonyl (C=O) groups is 1. The van der Waals surface area contributed by atoms with Crippen molar-refractivity contribution in [3.05, 3.63) is 24.0 Å². The number of anilines is 1. The van der Waals surface area contributed by atoms with E-state index >= 15 is 0 Å². The van der Waals surface area contributed by atoms with E-state index in [1.54, 1.807) is 0 Å². The summed E-state index contributed by atoms with van der Waals surface area (Å²) in [6, 6.07) is 4.81. The van der Waals surface area contributed by atoms with E-state index in [1.807, 2.05) is 9.80 Å². The van der Waals surface area contributed by atoms with Gasteiger partial charge >= 0.3 is 0 Å². The minimum Gasteiger partial charge on any atom is -0.367 e. The first kappa shape index (κ1) is 21.5. The van der Waals surface area contributed by atoms with E-state index in [4.69, 9.17) is 0 Å². The van der Waals surface area contributed by atoms with Gasteiger partial charge in [-0.05, 0) is 31.0 Å². The summed E-state index contributed by atoms with van der Waals surface area (Å²) in [7, 11) is -3.42. The Balaban J connectivity index is 1.25. The molecule has 1 saturated carbocycles. The van der Waals surface area contributed by atoms with Gasteiger partial charge in [-0.3, -0.25) is 14.6 Å². The Bertz CT molecular complexity index is 874. The zero-order chi connectivity index (χ0) is 21.3. The predicted octanol–water partition coefficient (Wildman–Crippen LogP) is 1.05.